The Morgan fingerprint density at radius 2 is 1.83 bits per heavy atom. The quantitative estimate of drug-likeness (QED) is 0.409. The topological polar surface area (TPSA) is 47.0 Å². The van der Waals surface area contributed by atoms with Gasteiger partial charge in [0.1, 0.15) is 5.75 Å². The molecule has 0 aliphatic carbocycles. The monoisotopic (exact) mass is 401 g/mol. The third-order valence-electron chi connectivity index (χ3n) is 4.66. The Labute approximate surface area is 175 Å². The molecule has 4 rings (SSSR count). The van der Waals surface area contributed by atoms with Gasteiger partial charge < -0.3 is 10.1 Å². The summed E-state index contributed by atoms with van der Waals surface area (Å²) in [5, 5.41) is 3.29. The minimum Gasteiger partial charge on any atom is -0.497 e. The predicted molar refractivity (Wildman–Crippen MR) is 120 cm³/mol. The van der Waals surface area contributed by atoms with Crippen molar-refractivity contribution in [1.82, 2.24) is 9.97 Å². The molecule has 1 N–H and O–H groups in total. The Hall–Kier alpha value is -3.18. The van der Waals surface area contributed by atoms with Gasteiger partial charge in [-0.15, -0.1) is 11.3 Å². The molecule has 4 nitrogen and oxygen atoms in total. The number of thiophene rings is 1. The number of nitrogens with zero attached hydrogens (tertiary/aromatic N) is 2. The van der Waals surface area contributed by atoms with Crippen molar-refractivity contribution in [2.45, 2.75) is 19.8 Å². The van der Waals surface area contributed by atoms with E-state index in [-0.39, 0.29) is 0 Å². The number of benzene rings is 2. The van der Waals surface area contributed by atoms with Crippen molar-refractivity contribution in [3.8, 4) is 16.3 Å². The van der Waals surface area contributed by atoms with Crippen LogP contribution in [-0.2, 0) is 12.8 Å². The van der Waals surface area contributed by atoms with Gasteiger partial charge in [-0.1, -0.05) is 24.3 Å². The van der Waals surface area contributed by atoms with E-state index in [0.717, 1.165) is 34.8 Å². The highest BCUT2D eigenvalue weighted by atomic mass is 32.1. The number of nitrogens with one attached hydrogen (secondary N) is 1. The first kappa shape index (κ1) is 19.2. The summed E-state index contributed by atoms with van der Waals surface area (Å²) in [6.45, 7) is 2.07. The van der Waals surface area contributed by atoms with Gasteiger partial charge in [0, 0.05) is 16.8 Å². The van der Waals surface area contributed by atoms with Gasteiger partial charge in [0.25, 0.3) is 0 Å². The van der Waals surface area contributed by atoms with Gasteiger partial charge in [-0.3, -0.25) is 0 Å². The van der Waals surface area contributed by atoms with Crippen LogP contribution in [0.25, 0.3) is 10.6 Å². The highest BCUT2D eigenvalue weighted by Crippen LogP contribution is 2.28. The first-order chi connectivity index (χ1) is 14.2. The fourth-order valence-corrected chi connectivity index (χ4v) is 4.09. The van der Waals surface area contributed by atoms with E-state index in [4.69, 9.17) is 9.72 Å². The van der Waals surface area contributed by atoms with Crippen molar-refractivity contribution in [2.24, 2.45) is 0 Å². The zero-order valence-electron chi connectivity index (χ0n) is 16.6. The molecule has 0 atom stereocenters. The maximum Gasteiger partial charge on any atom is 0.227 e. The fraction of sp³-hybridized carbons (Fsp3) is 0.167. The van der Waals surface area contributed by atoms with Crippen LogP contribution in [0.3, 0.4) is 0 Å². The molecule has 0 spiro atoms. The fourth-order valence-electron chi connectivity index (χ4n) is 3.12. The number of anilines is 2. The van der Waals surface area contributed by atoms with Crippen molar-refractivity contribution in [1.29, 1.82) is 0 Å². The molecule has 0 bridgehead atoms. The summed E-state index contributed by atoms with van der Waals surface area (Å²) < 4.78 is 5.22. The standard InChI is InChI=1S/C24H23N3OS/c1-17-4-3-5-19(16-17)26-24-25-15-14-22(27-24)23-13-12-21(29-23)11-8-18-6-9-20(28-2)10-7-18/h3-7,9-10,12-16H,8,11H2,1-2H3,(H,25,26,27). The average molecular weight is 402 g/mol. The van der Waals surface area contributed by atoms with Gasteiger partial charge >= 0.3 is 0 Å². The lowest BCUT2D eigenvalue weighted by Gasteiger charge is -2.06. The molecular weight excluding hydrogens is 378 g/mol. The van der Waals surface area contributed by atoms with E-state index >= 15 is 0 Å². The molecule has 146 valence electrons. The van der Waals surface area contributed by atoms with Crippen LogP contribution < -0.4 is 10.1 Å². The molecule has 0 radical (unpaired) electrons. The van der Waals surface area contributed by atoms with Gasteiger partial charge in [0.15, 0.2) is 0 Å². The number of hydrogen-bond donors (Lipinski definition) is 1. The van der Waals surface area contributed by atoms with Crippen LogP contribution in [-0.4, -0.2) is 17.1 Å². The van der Waals surface area contributed by atoms with Crippen LogP contribution >= 0.6 is 11.3 Å². The zero-order valence-corrected chi connectivity index (χ0v) is 17.4. The molecule has 0 fully saturated rings. The van der Waals surface area contributed by atoms with Crippen molar-refractivity contribution < 1.29 is 4.74 Å². The number of methoxy groups -OCH3 is 1. The van der Waals surface area contributed by atoms with E-state index in [1.807, 2.05) is 30.3 Å². The lowest BCUT2D eigenvalue weighted by molar-refractivity contribution is 0.414. The average Bonchev–Trinajstić information content (AvgIpc) is 3.22. The molecular formula is C24H23N3OS. The number of aromatic nitrogens is 2. The summed E-state index contributed by atoms with van der Waals surface area (Å²) in [6.07, 6.45) is 3.82. The summed E-state index contributed by atoms with van der Waals surface area (Å²) in [4.78, 5) is 11.6. The first-order valence-corrected chi connectivity index (χ1v) is 10.4. The van der Waals surface area contributed by atoms with Crippen molar-refractivity contribution in [3.63, 3.8) is 0 Å². The van der Waals surface area contributed by atoms with E-state index in [1.54, 1.807) is 24.6 Å². The van der Waals surface area contributed by atoms with Crippen molar-refractivity contribution in [3.05, 3.63) is 88.9 Å². The summed E-state index contributed by atoms with van der Waals surface area (Å²) in [5.41, 5.74) is 4.45. The number of ether oxygens (including phenoxy) is 1. The molecule has 0 aliphatic heterocycles. The van der Waals surface area contributed by atoms with Gasteiger partial charge in [-0.2, -0.15) is 0 Å². The molecule has 5 heteroatoms. The highest BCUT2D eigenvalue weighted by molar-refractivity contribution is 7.15. The Morgan fingerprint density at radius 3 is 2.62 bits per heavy atom. The molecule has 4 aromatic rings. The molecule has 2 aromatic heterocycles. The van der Waals surface area contributed by atoms with E-state index in [0.29, 0.717) is 5.95 Å². The van der Waals surface area contributed by atoms with Crippen molar-refractivity contribution >= 4 is 23.0 Å². The minimum atomic E-state index is 0.612. The molecule has 0 unspecified atom stereocenters. The Morgan fingerprint density at radius 1 is 0.966 bits per heavy atom. The lowest BCUT2D eigenvalue weighted by atomic mass is 10.1. The SMILES string of the molecule is COc1ccc(CCc2ccc(-c3ccnc(Nc4cccc(C)c4)n3)s2)cc1. The largest absolute Gasteiger partial charge is 0.497 e. The molecule has 2 aromatic carbocycles. The normalized spacial score (nSPS) is 10.7. The van der Waals surface area contributed by atoms with Crippen LogP contribution in [0.4, 0.5) is 11.6 Å². The summed E-state index contributed by atoms with van der Waals surface area (Å²) >= 11 is 1.79. The van der Waals surface area contributed by atoms with Crippen LogP contribution in [0.15, 0.2) is 72.9 Å². The van der Waals surface area contributed by atoms with Gasteiger partial charge in [0.05, 0.1) is 17.7 Å². The highest BCUT2D eigenvalue weighted by Gasteiger charge is 2.07. The number of rotatable bonds is 7. The summed E-state index contributed by atoms with van der Waals surface area (Å²) in [5.74, 6) is 1.51. The maximum absolute atomic E-state index is 5.22. The molecule has 0 saturated heterocycles. The number of aryl methyl sites for hydroxylation is 3. The second-order valence-electron chi connectivity index (χ2n) is 6.87. The molecule has 29 heavy (non-hydrogen) atoms. The van der Waals surface area contributed by atoms with Crippen LogP contribution in [0.2, 0.25) is 0 Å². The summed E-state index contributed by atoms with van der Waals surface area (Å²) in [6, 6.07) is 22.8. The Kier molecular flexibility index (Phi) is 5.86. The third kappa shape index (κ3) is 5.00. The molecule has 0 aliphatic rings. The van der Waals surface area contributed by atoms with Gasteiger partial charge in [-0.25, -0.2) is 9.97 Å². The lowest BCUT2D eigenvalue weighted by Crippen LogP contribution is -1.97. The van der Waals surface area contributed by atoms with E-state index in [1.165, 1.54) is 16.0 Å². The van der Waals surface area contributed by atoms with Gasteiger partial charge in [-0.05, 0) is 73.4 Å². The second-order valence-corrected chi connectivity index (χ2v) is 8.04. The van der Waals surface area contributed by atoms with E-state index in [9.17, 15) is 0 Å². The molecule has 0 saturated carbocycles. The van der Waals surface area contributed by atoms with E-state index in [2.05, 4.69) is 53.6 Å². The van der Waals surface area contributed by atoms with Crippen LogP contribution in [0, 0.1) is 6.92 Å². The van der Waals surface area contributed by atoms with Crippen molar-refractivity contribution in [2.75, 3.05) is 12.4 Å². The number of hydrogen-bond acceptors (Lipinski definition) is 5. The third-order valence-corrected chi connectivity index (χ3v) is 5.83. The van der Waals surface area contributed by atoms with Gasteiger partial charge in [0.2, 0.25) is 5.95 Å². The minimum absolute atomic E-state index is 0.612. The summed E-state index contributed by atoms with van der Waals surface area (Å²) in [7, 11) is 1.69. The van der Waals surface area contributed by atoms with Crippen LogP contribution in [0.1, 0.15) is 16.0 Å². The van der Waals surface area contributed by atoms with E-state index < -0.39 is 0 Å². The first-order valence-electron chi connectivity index (χ1n) is 9.58. The molecule has 2 heterocycles. The Bertz CT molecular complexity index is 1090. The van der Waals surface area contributed by atoms with Crippen LogP contribution in [0.5, 0.6) is 5.75 Å². The predicted octanol–water partition coefficient (Wildman–Crippen LogP) is 6.05. The smallest absolute Gasteiger partial charge is 0.227 e. The second kappa shape index (κ2) is 8.88. The maximum atomic E-state index is 5.22. The zero-order chi connectivity index (χ0) is 20.1. The Balaban J connectivity index is 1.43. The molecule has 0 amide bonds.